The number of carbonyl (C=O) groups excluding carboxylic acids is 2. The first-order valence-electron chi connectivity index (χ1n) is 14.4. The van der Waals surface area contributed by atoms with Crippen molar-refractivity contribution in [2.45, 2.75) is 49.7 Å². The van der Waals surface area contributed by atoms with Crippen LogP contribution in [-0.4, -0.2) is 43.0 Å². The van der Waals surface area contributed by atoms with Crippen molar-refractivity contribution >= 4 is 51.3 Å². The minimum atomic E-state index is -0.957. The van der Waals surface area contributed by atoms with E-state index in [4.69, 9.17) is 4.74 Å². The van der Waals surface area contributed by atoms with Crippen molar-refractivity contribution in [3.05, 3.63) is 107 Å². The first-order chi connectivity index (χ1) is 21.4. The van der Waals surface area contributed by atoms with Gasteiger partial charge in [-0.15, -0.1) is 10.2 Å². The van der Waals surface area contributed by atoms with Crippen LogP contribution in [0.5, 0.6) is 5.75 Å². The maximum absolute atomic E-state index is 13.8. The van der Waals surface area contributed by atoms with E-state index in [1.54, 1.807) is 17.5 Å². The molecule has 0 saturated carbocycles. The molecule has 44 heavy (non-hydrogen) atoms. The van der Waals surface area contributed by atoms with Gasteiger partial charge < -0.3 is 9.84 Å². The number of carbonyl (C=O) groups is 2. The van der Waals surface area contributed by atoms with Crippen LogP contribution in [0.4, 0.5) is 5.13 Å². The Balaban J connectivity index is 1.43. The molecule has 1 N–H and O–H groups in total. The molecule has 1 amide bonds. The molecular formula is C33H31N5O4S2. The SMILES string of the molecule is CCCCOc1cccc(C2/C(=C(\O)c3c(C)nc4ccccn34)C(=O)C(=O)N2c2nnc(SCc3ccc(C)cc3)s2)c1. The van der Waals surface area contributed by atoms with E-state index in [1.165, 1.54) is 33.6 Å². The molecule has 6 rings (SSSR count). The van der Waals surface area contributed by atoms with E-state index in [0.717, 1.165) is 18.4 Å². The molecule has 11 heteroatoms. The number of fused-ring (bicyclic) bond motifs is 1. The van der Waals surface area contributed by atoms with E-state index in [9.17, 15) is 14.7 Å². The van der Waals surface area contributed by atoms with Gasteiger partial charge in [-0.3, -0.25) is 18.9 Å². The summed E-state index contributed by atoms with van der Waals surface area (Å²) in [4.78, 5) is 33.4. The summed E-state index contributed by atoms with van der Waals surface area (Å²) in [7, 11) is 0. The highest BCUT2D eigenvalue weighted by Crippen LogP contribution is 2.45. The van der Waals surface area contributed by atoms with Gasteiger partial charge in [0.25, 0.3) is 5.78 Å². The molecule has 9 nitrogen and oxygen atoms in total. The molecule has 3 aromatic heterocycles. The molecule has 1 aliphatic heterocycles. The Kier molecular flexibility index (Phi) is 8.49. The fraction of sp³-hybridized carbons (Fsp3) is 0.242. The van der Waals surface area contributed by atoms with Gasteiger partial charge in [0.15, 0.2) is 10.1 Å². The number of Topliss-reactive ketones (excluding diaryl/α,β-unsaturated/α-hetero) is 1. The molecule has 1 atom stereocenters. The quantitative estimate of drug-likeness (QED) is 0.0446. The summed E-state index contributed by atoms with van der Waals surface area (Å²) >= 11 is 2.74. The van der Waals surface area contributed by atoms with Crippen LogP contribution in [0.1, 0.15) is 53.9 Å². The van der Waals surface area contributed by atoms with Gasteiger partial charge in [-0.2, -0.15) is 0 Å². The maximum atomic E-state index is 13.8. The van der Waals surface area contributed by atoms with Gasteiger partial charge in [0.05, 0.1) is 23.9 Å². The standard InChI is InChI=1S/C33H31N5O4S2/c1-4-5-17-42-24-10-8-9-23(18-24)28-26(29(39)27-21(3)34-25-11-6-7-16-37(25)27)30(40)31(41)38(28)32-35-36-33(44-32)43-19-22-14-12-20(2)13-15-22/h6-16,18,28,39H,4-5,17,19H2,1-3H3/b29-26+. The number of unbranched alkanes of at least 4 members (excludes halogenated alkanes) is 1. The number of thioether (sulfide) groups is 1. The van der Waals surface area contributed by atoms with Gasteiger partial charge in [-0.25, -0.2) is 4.98 Å². The number of hydrogen-bond acceptors (Lipinski definition) is 9. The van der Waals surface area contributed by atoms with Crippen molar-refractivity contribution < 1.29 is 19.4 Å². The van der Waals surface area contributed by atoms with Crippen molar-refractivity contribution in [3.8, 4) is 5.75 Å². The van der Waals surface area contributed by atoms with Crippen LogP contribution in [0.2, 0.25) is 0 Å². The van der Waals surface area contributed by atoms with E-state index >= 15 is 0 Å². The van der Waals surface area contributed by atoms with E-state index in [1.807, 2.05) is 49.4 Å². The van der Waals surface area contributed by atoms with Crippen LogP contribution >= 0.6 is 23.1 Å². The number of amides is 1. The number of aliphatic hydroxyl groups excluding tert-OH is 1. The summed E-state index contributed by atoms with van der Waals surface area (Å²) in [6, 6.07) is 20.1. The number of aryl methyl sites for hydroxylation is 2. The van der Waals surface area contributed by atoms with E-state index in [2.05, 4.69) is 46.4 Å². The van der Waals surface area contributed by atoms with Crippen molar-refractivity contribution in [2.75, 3.05) is 11.5 Å². The van der Waals surface area contributed by atoms with Gasteiger partial charge in [0, 0.05) is 11.9 Å². The van der Waals surface area contributed by atoms with Gasteiger partial charge in [-0.1, -0.05) is 84.5 Å². The first-order valence-corrected chi connectivity index (χ1v) is 16.2. The largest absolute Gasteiger partial charge is 0.505 e. The topological polar surface area (TPSA) is 110 Å². The number of ketones is 1. The predicted octanol–water partition coefficient (Wildman–Crippen LogP) is 6.90. The summed E-state index contributed by atoms with van der Waals surface area (Å²) in [5.41, 5.74) is 4.38. The van der Waals surface area contributed by atoms with Gasteiger partial charge in [0.1, 0.15) is 17.1 Å². The number of pyridine rings is 1. The fourth-order valence-corrected chi connectivity index (χ4v) is 6.99. The Labute approximate surface area is 263 Å². The average Bonchev–Trinajstić information content (AvgIpc) is 3.70. The highest BCUT2D eigenvalue weighted by molar-refractivity contribution is 8.00. The first kappa shape index (κ1) is 29.6. The molecule has 1 unspecified atom stereocenters. The number of anilines is 1. The number of aromatic nitrogens is 4. The monoisotopic (exact) mass is 625 g/mol. The van der Waals surface area contributed by atoms with Crippen molar-refractivity contribution in [1.82, 2.24) is 19.6 Å². The van der Waals surface area contributed by atoms with E-state index in [0.29, 0.717) is 45.0 Å². The fourth-order valence-electron chi connectivity index (χ4n) is 5.17. The smallest absolute Gasteiger partial charge is 0.301 e. The number of nitrogens with zero attached hydrogens (tertiary/aromatic N) is 5. The van der Waals surface area contributed by atoms with Crippen molar-refractivity contribution in [3.63, 3.8) is 0 Å². The van der Waals surface area contributed by atoms with Crippen LogP contribution in [0, 0.1) is 13.8 Å². The van der Waals surface area contributed by atoms with E-state index < -0.39 is 17.7 Å². The Bertz CT molecular complexity index is 1880. The van der Waals surface area contributed by atoms with Crippen molar-refractivity contribution in [1.29, 1.82) is 0 Å². The summed E-state index contributed by atoms with van der Waals surface area (Å²) < 4.78 is 8.34. The van der Waals surface area contributed by atoms with Crippen LogP contribution in [0.3, 0.4) is 0 Å². The molecule has 0 spiro atoms. The summed E-state index contributed by atoms with van der Waals surface area (Å²) in [6.07, 6.45) is 3.64. The van der Waals surface area contributed by atoms with Crippen LogP contribution in [0.15, 0.2) is 82.8 Å². The number of benzene rings is 2. The minimum absolute atomic E-state index is 0.0430. The Morgan fingerprint density at radius 2 is 1.86 bits per heavy atom. The molecule has 5 aromatic rings. The number of hydrogen-bond donors (Lipinski definition) is 1. The van der Waals surface area contributed by atoms with Crippen molar-refractivity contribution in [2.24, 2.45) is 0 Å². The highest BCUT2D eigenvalue weighted by atomic mass is 32.2. The summed E-state index contributed by atoms with van der Waals surface area (Å²) in [5, 5.41) is 20.7. The van der Waals surface area contributed by atoms with Crippen LogP contribution in [-0.2, 0) is 15.3 Å². The lowest BCUT2D eigenvalue weighted by molar-refractivity contribution is -0.132. The molecule has 1 aliphatic rings. The second-order valence-corrected chi connectivity index (χ2v) is 12.7. The molecule has 224 valence electrons. The zero-order valence-corrected chi connectivity index (χ0v) is 26.2. The number of aliphatic hydroxyl groups is 1. The molecule has 0 radical (unpaired) electrons. The molecule has 0 aliphatic carbocycles. The maximum Gasteiger partial charge on any atom is 0.301 e. The predicted molar refractivity (Wildman–Crippen MR) is 172 cm³/mol. The Morgan fingerprint density at radius 1 is 1.05 bits per heavy atom. The third-order valence-corrected chi connectivity index (χ3v) is 9.53. The lowest BCUT2D eigenvalue weighted by atomic mass is 9.96. The number of ether oxygens (including phenoxy) is 1. The van der Waals surface area contributed by atoms with Gasteiger partial charge in [0.2, 0.25) is 5.13 Å². The summed E-state index contributed by atoms with van der Waals surface area (Å²) in [6.45, 7) is 6.44. The molecule has 0 bridgehead atoms. The molecular weight excluding hydrogens is 595 g/mol. The average molecular weight is 626 g/mol. The molecule has 4 heterocycles. The second-order valence-electron chi connectivity index (χ2n) is 10.5. The zero-order chi connectivity index (χ0) is 30.8. The van der Waals surface area contributed by atoms with Gasteiger partial charge in [-0.05, 0) is 55.7 Å². The number of rotatable bonds is 10. The Hall–Kier alpha value is -4.48. The second kappa shape index (κ2) is 12.6. The van der Waals surface area contributed by atoms with Crippen LogP contribution in [0.25, 0.3) is 11.4 Å². The third kappa shape index (κ3) is 5.72. The minimum Gasteiger partial charge on any atom is -0.505 e. The van der Waals surface area contributed by atoms with Gasteiger partial charge >= 0.3 is 5.91 Å². The highest BCUT2D eigenvalue weighted by Gasteiger charge is 2.49. The van der Waals surface area contributed by atoms with Crippen LogP contribution < -0.4 is 9.64 Å². The third-order valence-electron chi connectivity index (χ3n) is 7.40. The normalized spacial score (nSPS) is 16.2. The zero-order valence-electron chi connectivity index (χ0n) is 24.6. The molecule has 1 fully saturated rings. The Morgan fingerprint density at radius 3 is 2.66 bits per heavy atom. The molecule has 1 saturated heterocycles. The molecule has 2 aromatic carbocycles. The lowest BCUT2D eigenvalue weighted by Crippen LogP contribution is -2.29. The van der Waals surface area contributed by atoms with E-state index in [-0.39, 0.29) is 16.5 Å². The summed E-state index contributed by atoms with van der Waals surface area (Å²) in [5.74, 6) is -0.602. The lowest BCUT2D eigenvalue weighted by Gasteiger charge is -2.23. The number of imidazole rings is 1.